The van der Waals surface area contributed by atoms with Crippen molar-refractivity contribution in [2.24, 2.45) is 5.92 Å². The van der Waals surface area contributed by atoms with Crippen molar-refractivity contribution >= 4 is 21.9 Å². The van der Waals surface area contributed by atoms with Gasteiger partial charge in [-0.05, 0) is 37.1 Å². The maximum atomic E-state index is 10.8. The van der Waals surface area contributed by atoms with Crippen LogP contribution in [0.3, 0.4) is 0 Å². The molecule has 0 aliphatic heterocycles. The van der Waals surface area contributed by atoms with Crippen molar-refractivity contribution in [3.05, 3.63) is 34.3 Å². The van der Waals surface area contributed by atoms with Gasteiger partial charge in [0, 0.05) is 11.0 Å². The van der Waals surface area contributed by atoms with Crippen molar-refractivity contribution < 1.29 is 9.90 Å². The molecule has 17 heavy (non-hydrogen) atoms. The molecule has 0 saturated heterocycles. The van der Waals surface area contributed by atoms with Gasteiger partial charge in [0.25, 0.3) is 0 Å². The van der Waals surface area contributed by atoms with E-state index in [1.165, 1.54) is 5.56 Å². The lowest BCUT2D eigenvalue weighted by atomic mass is 10.1. The number of carbonyl (C=O) groups is 1. The summed E-state index contributed by atoms with van der Waals surface area (Å²) < 4.78 is 1.08. The van der Waals surface area contributed by atoms with Gasteiger partial charge in [0.05, 0.1) is 5.92 Å². The van der Waals surface area contributed by atoms with E-state index in [1.54, 1.807) is 0 Å². The molecule has 0 fully saturated rings. The number of aliphatic carboxylic acids is 1. The van der Waals surface area contributed by atoms with Crippen LogP contribution in [0.5, 0.6) is 0 Å². The van der Waals surface area contributed by atoms with Gasteiger partial charge in [0.15, 0.2) is 0 Å². The normalized spacial score (nSPS) is 12.4. The van der Waals surface area contributed by atoms with Gasteiger partial charge in [-0.3, -0.25) is 4.79 Å². The van der Waals surface area contributed by atoms with Gasteiger partial charge < -0.3 is 10.4 Å². The van der Waals surface area contributed by atoms with Gasteiger partial charge in [-0.15, -0.1) is 0 Å². The first-order valence-electron chi connectivity index (χ1n) is 5.81. The van der Waals surface area contributed by atoms with E-state index in [4.69, 9.17) is 5.11 Å². The molecule has 0 radical (unpaired) electrons. The lowest BCUT2D eigenvalue weighted by molar-refractivity contribution is -0.141. The summed E-state index contributed by atoms with van der Waals surface area (Å²) in [4.78, 5) is 10.8. The summed E-state index contributed by atoms with van der Waals surface area (Å²) in [7, 11) is 0. The third-order valence-electron chi connectivity index (χ3n) is 2.71. The average Bonchev–Trinajstić information content (AvgIpc) is 2.28. The van der Waals surface area contributed by atoms with Crippen molar-refractivity contribution in [2.45, 2.75) is 19.8 Å². The Morgan fingerprint density at radius 1 is 1.53 bits per heavy atom. The van der Waals surface area contributed by atoms with E-state index >= 15 is 0 Å². The van der Waals surface area contributed by atoms with E-state index < -0.39 is 5.97 Å². The highest BCUT2D eigenvalue weighted by molar-refractivity contribution is 9.10. The van der Waals surface area contributed by atoms with Gasteiger partial charge in [0.2, 0.25) is 0 Å². The highest BCUT2D eigenvalue weighted by atomic mass is 79.9. The quantitative estimate of drug-likeness (QED) is 0.761. The highest BCUT2D eigenvalue weighted by Crippen LogP contribution is 2.11. The first kappa shape index (κ1) is 14.2. The second-order valence-electron chi connectivity index (χ2n) is 4.03. The second-order valence-corrected chi connectivity index (χ2v) is 4.94. The Bertz CT molecular complexity index is 368. The monoisotopic (exact) mass is 299 g/mol. The van der Waals surface area contributed by atoms with Crippen LogP contribution < -0.4 is 5.32 Å². The molecular weight excluding hydrogens is 282 g/mol. The molecule has 0 heterocycles. The summed E-state index contributed by atoms with van der Waals surface area (Å²) >= 11 is 3.43. The fourth-order valence-corrected chi connectivity index (χ4v) is 2.05. The Hall–Kier alpha value is -0.870. The van der Waals surface area contributed by atoms with E-state index in [0.717, 1.165) is 17.4 Å². The molecule has 3 nitrogen and oxygen atoms in total. The van der Waals surface area contributed by atoms with Crippen LogP contribution in [0.15, 0.2) is 28.7 Å². The van der Waals surface area contributed by atoms with Gasteiger partial charge >= 0.3 is 5.97 Å². The number of carboxylic acids is 1. The average molecular weight is 300 g/mol. The summed E-state index contributed by atoms with van der Waals surface area (Å²) in [5.41, 5.74) is 1.25. The summed E-state index contributed by atoms with van der Waals surface area (Å²) in [6, 6.07) is 8.15. The number of carboxylic acid groups (broad SMARTS) is 1. The lowest BCUT2D eigenvalue weighted by Gasteiger charge is -2.10. The maximum Gasteiger partial charge on any atom is 0.307 e. The van der Waals surface area contributed by atoms with E-state index in [0.29, 0.717) is 13.0 Å². The second kappa shape index (κ2) is 7.45. The van der Waals surface area contributed by atoms with Gasteiger partial charge in [-0.1, -0.05) is 35.0 Å². The van der Waals surface area contributed by atoms with Crippen molar-refractivity contribution in [3.8, 4) is 0 Å². The minimum atomic E-state index is -0.720. The first-order valence-corrected chi connectivity index (χ1v) is 6.60. The zero-order valence-electron chi connectivity index (χ0n) is 9.95. The Kier molecular flexibility index (Phi) is 6.22. The maximum absolute atomic E-state index is 10.8. The molecule has 2 N–H and O–H groups in total. The zero-order chi connectivity index (χ0) is 12.7. The van der Waals surface area contributed by atoms with E-state index in [1.807, 2.05) is 19.1 Å². The smallest absolute Gasteiger partial charge is 0.307 e. The predicted molar refractivity (Wildman–Crippen MR) is 72.1 cm³/mol. The lowest BCUT2D eigenvalue weighted by Crippen LogP contribution is -2.29. The minimum absolute atomic E-state index is 0.280. The van der Waals surface area contributed by atoms with Crippen LogP contribution in [0.1, 0.15) is 18.9 Å². The van der Waals surface area contributed by atoms with E-state index in [-0.39, 0.29) is 5.92 Å². The summed E-state index contributed by atoms with van der Waals surface area (Å²) in [5.74, 6) is -1.00. The highest BCUT2D eigenvalue weighted by Gasteiger charge is 2.13. The zero-order valence-corrected chi connectivity index (χ0v) is 11.5. The Morgan fingerprint density at radius 3 is 2.88 bits per heavy atom. The molecule has 1 rings (SSSR count). The molecule has 1 atom stereocenters. The fraction of sp³-hybridized carbons (Fsp3) is 0.462. The van der Waals surface area contributed by atoms with Crippen molar-refractivity contribution in [2.75, 3.05) is 13.1 Å². The fourth-order valence-electron chi connectivity index (χ4n) is 1.61. The van der Waals surface area contributed by atoms with E-state index in [2.05, 4.69) is 33.4 Å². The molecule has 1 aromatic rings. The number of hydrogen-bond acceptors (Lipinski definition) is 2. The van der Waals surface area contributed by atoms with Crippen LogP contribution in [0.2, 0.25) is 0 Å². The van der Waals surface area contributed by atoms with Crippen LogP contribution in [0.25, 0.3) is 0 Å². The number of halogens is 1. The third-order valence-corrected chi connectivity index (χ3v) is 3.21. The molecular formula is C13H18BrNO2. The molecule has 94 valence electrons. The molecule has 4 heteroatoms. The Balaban J connectivity index is 2.26. The Morgan fingerprint density at radius 2 is 2.29 bits per heavy atom. The van der Waals surface area contributed by atoms with Crippen LogP contribution in [0, 0.1) is 5.92 Å². The Labute approximate surface area is 110 Å². The predicted octanol–water partition coefficient (Wildman–Crippen LogP) is 2.69. The van der Waals surface area contributed by atoms with Crippen molar-refractivity contribution in [1.29, 1.82) is 0 Å². The number of nitrogens with one attached hydrogen (secondary N) is 1. The molecule has 1 unspecified atom stereocenters. The molecule has 0 aliphatic rings. The van der Waals surface area contributed by atoms with Crippen LogP contribution in [-0.2, 0) is 11.2 Å². The van der Waals surface area contributed by atoms with Crippen molar-refractivity contribution in [1.82, 2.24) is 5.32 Å². The first-order chi connectivity index (χ1) is 8.13. The molecule has 1 aromatic carbocycles. The largest absolute Gasteiger partial charge is 0.481 e. The molecule has 0 saturated carbocycles. The minimum Gasteiger partial charge on any atom is -0.481 e. The van der Waals surface area contributed by atoms with Crippen LogP contribution in [0.4, 0.5) is 0 Å². The number of hydrogen-bond donors (Lipinski definition) is 2. The summed E-state index contributed by atoms with van der Waals surface area (Å²) in [6.45, 7) is 3.24. The SMILES string of the molecule is CCC(CNCCc1cccc(Br)c1)C(=O)O. The van der Waals surface area contributed by atoms with Crippen molar-refractivity contribution in [3.63, 3.8) is 0 Å². The van der Waals surface area contributed by atoms with Gasteiger partial charge in [0.1, 0.15) is 0 Å². The summed E-state index contributed by atoms with van der Waals surface area (Å²) in [5, 5.41) is 12.1. The molecule has 0 aliphatic carbocycles. The topological polar surface area (TPSA) is 49.3 Å². The number of benzene rings is 1. The van der Waals surface area contributed by atoms with Crippen LogP contribution >= 0.6 is 15.9 Å². The van der Waals surface area contributed by atoms with Crippen LogP contribution in [-0.4, -0.2) is 24.2 Å². The van der Waals surface area contributed by atoms with Gasteiger partial charge in [-0.25, -0.2) is 0 Å². The molecule has 0 spiro atoms. The number of rotatable bonds is 7. The molecule has 0 aromatic heterocycles. The summed E-state index contributed by atoms with van der Waals surface area (Å²) in [6.07, 6.45) is 1.58. The van der Waals surface area contributed by atoms with E-state index in [9.17, 15) is 4.79 Å². The standard InChI is InChI=1S/C13H18BrNO2/c1-2-11(13(16)17)9-15-7-6-10-4-3-5-12(14)8-10/h3-5,8,11,15H,2,6-7,9H2,1H3,(H,16,17). The van der Waals surface area contributed by atoms with Gasteiger partial charge in [-0.2, -0.15) is 0 Å². The molecule has 0 amide bonds. The third kappa shape index (κ3) is 5.33. The molecule has 0 bridgehead atoms.